The summed E-state index contributed by atoms with van der Waals surface area (Å²) in [4.78, 5) is 6.77. The molecule has 1 aliphatic heterocycles. The van der Waals surface area contributed by atoms with Gasteiger partial charge in [-0.15, -0.1) is 0 Å². The van der Waals surface area contributed by atoms with Gasteiger partial charge in [-0.05, 0) is 32.9 Å². The number of aromatic nitrogens is 2. The lowest BCUT2D eigenvalue weighted by Gasteiger charge is -2.32. The van der Waals surface area contributed by atoms with E-state index >= 15 is 0 Å². The van der Waals surface area contributed by atoms with E-state index in [4.69, 9.17) is 4.52 Å². The topological polar surface area (TPSA) is 62.4 Å². The smallest absolute Gasteiger partial charge is 0.243 e. The van der Waals surface area contributed by atoms with Crippen molar-refractivity contribution in [3.63, 3.8) is 0 Å². The first-order valence-corrected chi connectivity index (χ1v) is 6.45. The molecule has 2 unspecified atom stereocenters. The highest BCUT2D eigenvalue weighted by Gasteiger charge is 2.27. The molecule has 5 nitrogen and oxygen atoms in total. The molecular weight excluding hydrogens is 218 g/mol. The second-order valence-corrected chi connectivity index (χ2v) is 4.74. The number of hydrogen-bond donors (Lipinski definition) is 1. The predicted molar refractivity (Wildman–Crippen MR) is 63.5 cm³/mol. The molecular formula is C12H21N3O2. The van der Waals surface area contributed by atoms with Crippen molar-refractivity contribution >= 4 is 0 Å². The Morgan fingerprint density at radius 3 is 3.06 bits per heavy atom. The summed E-state index contributed by atoms with van der Waals surface area (Å²) in [6.45, 7) is 6.01. The minimum Gasteiger partial charge on any atom is -0.393 e. The van der Waals surface area contributed by atoms with E-state index < -0.39 is 6.10 Å². The molecule has 0 aliphatic carbocycles. The van der Waals surface area contributed by atoms with Gasteiger partial charge in [0.2, 0.25) is 5.89 Å². The highest BCUT2D eigenvalue weighted by molar-refractivity contribution is 4.96. The van der Waals surface area contributed by atoms with Crippen LogP contribution in [-0.2, 0) is 6.42 Å². The summed E-state index contributed by atoms with van der Waals surface area (Å²) in [6, 6.07) is 0.268. The highest BCUT2D eigenvalue weighted by Crippen LogP contribution is 2.29. The molecule has 5 heteroatoms. The van der Waals surface area contributed by atoms with E-state index in [1.54, 1.807) is 6.92 Å². The third-order valence-electron chi connectivity index (χ3n) is 3.27. The van der Waals surface area contributed by atoms with Gasteiger partial charge in [0.25, 0.3) is 0 Å². The van der Waals surface area contributed by atoms with Crippen LogP contribution in [0.4, 0.5) is 0 Å². The molecule has 1 aromatic heterocycles. The molecule has 0 radical (unpaired) electrons. The van der Waals surface area contributed by atoms with Crippen LogP contribution in [0.15, 0.2) is 4.52 Å². The Morgan fingerprint density at radius 2 is 2.35 bits per heavy atom. The monoisotopic (exact) mass is 239 g/mol. The lowest BCUT2D eigenvalue weighted by atomic mass is 10.0. The maximum absolute atomic E-state index is 9.29. The molecule has 17 heavy (non-hydrogen) atoms. The van der Waals surface area contributed by atoms with E-state index in [0.717, 1.165) is 19.5 Å². The Labute approximate surface area is 102 Å². The van der Waals surface area contributed by atoms with Gasteiger partial charge in [-0.1, -0.05) is 18.5 Å². The van der Waals surface area contributed by atoms with Crippen molar-refractivity contribution in [1.29, 1.82) is 0 Å². The van der Waals surface area contributed by atoms with Crippen molar-refractivity contribution in [3.05, 3.63) is 11.7 Å². The zero-order valence-corrected chi connectivity index (χ0v) is 10.6. The fourth-order valence-electron chi connectivity index (χ4n) is 2.40. The van der Waals surface area contributed by atoms with E-state index in [1.165, 1.54) is 12.8 Å². The summed E-state index contributed by atoms with van der Waals surface area (Å²) in [5.41, 5.74) is 0. The number of hydrogen-bond acceptors (Lipinski definition) is 5. The van der Waals surface area contributed by atoms with Crippen molar-refractivity contribution in [2.45, 2.75) is 51.7 Å². The molecule has 1 aliphatic rings. The molecule has 1 saturated heterocycles. The first-order valence-electron chi connectivity index (χ1n) is 6.45. The zero-order valence-electron chi connectivity index (χ0n) is 10.6. The van der Waals surface area contributed by atoms with Gasteiger partial charge in [-0.2, -0.15) is 4.98 Å². The Hall–Kier alpha value is -0.940. The molecule has 0 aromatic carbocycles. The molecule has 2 atom stereocenters. The molecule has 96 valence electrons. The van der Waals surface area contributed by atoms with Crippen molar-refractivity contribution in [3.8, 4) is 0 Å². The molecule has 1 N–H and O–H groups in total. The van der Waals surface area contributed by atoms with Gasteiger partial charge in [0.1, 0.15) is 0 Å². The molecule has 0 spiro atoms. The molecule has 0 bridgehead atoms. The maximum atomic E-state index is 9.29. The summed E-state index contributed by atoms with van der Waals surface area (Å²) in [7, 11) is 0. The van der Waals surface area contributed by atoms with Gasteiger partial charge in [-0.3, -0.25) is 4.90 Å². The standard InChI is InChI=1S/C12H21N3O2/c1-3-15-7-5-4-6-10(15)12-13-11(14-17-12)8-9(2)16/h9-10,16H,3-8H2,1-2H3. The molecule has 0 saturated carbocycles. The van der Waals surface area contributed by atoms with Crippen LogP contribution in [0.25, 0.3) is 0 Å². The van der Waals surface area contributed by atoms with Crippen LogP contribution in [-0.4, -0.2) is 39.3 Å². The Balaban J connectivity index is 2.07. The van der Waals surface area contributed by atoms with Crippen LogP contribution in [0, 0.1) is 0 Å². The van der Waals surface area contributed by atoms with Crippen LogP contribution in [0.3, 0.4) is 0 Å². The lowest BCUT2D eigenvalue weighted by molar-refractivity contribution is 0.125. The first-order chi connectivity index (χ1) is 8.20. The highest BCUT2D eigenvalue weighted by atomic mass is 16.5. The van der Waals surface area contributed by atoms with Crippen molar-refractivity contribution in [2.75, 3.05) is 13.1 Å². The van der Waals surface area contributed by atoms with Crippen molar-refractivity contribution in [2.24, 2.45) is 0 Å². The molecule has 1 fully saturated rings. The van der Waals surface area contributed by atoms with Gasteiger partial charge < -0.3 is 9.63 Å². The first kappa shape index (κ1) is 12.5. The Bertz CT molecular complexity index is 351. The summed E-state index contributed by atoms with van der Waals surface area (Å²) < 4.78 is 5.32. The van der Waals surface area contributed by atoms with Gasteiger partial charge in [0.05, 0.1) is 12.1 Å². The number of aliphatic hydroxyl groups excluding tert-OH is 1. The largest absolute Gasteiger partial charge is 0.393 e. The van der Waals surface area contributed by atoms with E-state index in [9.17, 15) is 5.11 Å². The van der Waals surface area contributed by atoms with Crippen molar-refractivity contribution < 1.29 is 9.63 Å². The van der Waals surface area contributed by atoms with Crippen LogP contribution in [0.2, 0.25) is 0 Å². The van der Waals surface area contributed by atoms with Crippen LogP contribution < -0.4 is 0 Å². The Kier molecular flexibility index (Phi) is 4.12. The van der Waals surface area contributed by atoms with Crippen LogP contribution in [0.1, 0.15) is 50.9 Å². The number of likely N-dealkylation sites (tertiary alicyclic amines) is 1. The maximum Gasteiger partial charge on any atom is 0.243 e. The number of aliphatic hydroxyl groups is 1. The third kappa shape index (κ3) is 3.04. The quantitative estimate of drug-likeness (QED) is 0.863. The number of piperidine rings is 1. The summed E-state index contributed by atoms with van der Waals surface area (Å²) in [5, 5.41) is 13.2. The lowest BCUT2D eigenvalue weighted by Crippen LogP contribution is -2.33. The zero-order chi connectivity index (χ0) is 12.3. The SMILES string of the molecule is CCN1CCCCC1c1nc(CC(C)O)no1. The van der Waals surface area contributed by atoms with Crippen molar-refractivity contribution in [1.82, 2.24) is 15.0 Å². The minimum absolute atomic E-state index is 0.268. The van der Waals surface area contributed by atoms with Gasteiger partial charge in [-0.25, -0.2) is 0 Å². The fraction of sp³-hybridized carbons (Fsp3) is 0.833. The van der Waals surface area contributed by atoms with Crippen LogP contribution >= 0.6 is 0 Å². The predicted octanol–water partition coefficient (Wildman–Crippen LogP) is 1.54. The van der Waals surface area contributed by atoms with Gasteiger partial charge in [0.15, 0.2) is 5.82 Å². The number of nitrogens with zero attached hydrogens (tertiary/aromatic N) is 3. The average Bonchev–Trinajstić information content (AvgIpc) is 2.76. The van der Waals surface area contributed by atoms with Gasteiger partial charge >= 0.3 is 0 Å². The number of rotatable bonds is 4. The van der Waals surface area contributed by atoms with E-state index in [0.29, 0.717) is 18.1 Å². The average molecular weight is 239 g/mol. The summed E-state index contributed by atoms with van der Waals surface area (Å²) >= 11 is 0. The summed E-state index contributed by atoms with van der Waals surface area (Å²) in [5.74, 6) is 1.32. The molecule has 0 amide bonds. The van der Waals surface area contributed by atoms with E-state index in [1.807, 2.05) is 0 Å². The minimum atomic E-state index is -0.422. The van der Waals surface area contributed by atoms with E-state index in [-0.39, 0.29) is 6.04 Å². The van der Waals surface area contributed by atoms with Crippen LogP contribution in [0.5, 0.6) is 0 Å². The van der Waals surface area contributed by atoms with E-state index in [2.05, 4.69) is 22.0 Å². The second-order valence-electron chi connectivity index (χ2n) is 4.74. The molecule has 2 heterocycles. The third-order valence-corrected chi connectivity index (χ3v) is 3.27. The second kappa shape index (κ2) is 5.60. The molecule has 2 rings (SSSR count). The fourth-order valence-corrected chi connectivity index (χ4v) is 2.40. The van der Waals surface area contributed by atoms with Gasteiger partial charge in [0, 0.05) is 6.42 Å². The molecule has 1 aromatic rings. The Morgan fingerprint density at radius 1 is 1.53 bits per heavy atom. The normalized spacial score (nSPS) is 23.8. The summed E-state index contributed by atoms with van der Waals surface area (Å²) in [6.07, 6.45) is 3.59.